The molecule has 0 fully saturated rings. The van der Waals surface area contributed by atoms with Gasteiger partial charge in [-0.1, -0.05) is 58.0 Å². The summed E-state index contributed by atoms with van der Waals surface area (Å²) in [5, 5.41) is 14.2. The second-order valence-corrected chi connectivity index (χ2v) is 7.70. The summed E-state index contributed by atoms with van der Waals surface area (Å²) in [5.41, 5.74) is 1.19. The molecule has 0 aliphatic heterocycles. The van der Waals surface area contributed by atoms with Gasteiger partial charge in [0.25, 0.3) is 0 Å². The minimum atomic E-state index is -0.501. The van der Waals surface area contributed by atoms with Gasteiger partial charge in [-0.3, -0.25) is 4.79 Å². The number of anilines is 1. The Balaban J connectivity index is 1.65. The molecule has 3 aromatic rings. The van der Waals surface area contributed by atoms with E-state index in [9.17, 15) is 9.18 Å². The van der Waals surface area contributed by atoms with Crippen molar-refractivity contribution in [2.75, 3.05) is 5.32 Å². The van der Waals surface area contributed by atoms with Crippen LogP contribution in [0.1, 0.15) is 12.5 Å². The third-order valence-corrected chi connectivity index (χ3v) is 5.08. The Hall–Kier alpha value is -2.26. The Labute approximate surface area is 162 Å². The number of tetrazole rings is 1. The van der Waals surface area contributed by atoms with Crippen LogP contribution in [0.25, 0.3) is 0 Å². The van der Waals surface area contributed by atoms with E-state index in [4.69, 9.17) is 0 Å². The molecule has 1 unspecified atom stereocenters. The summed E-state index contributed by atoms with van der Waals surface area (Å²) in [5.74, 6) is -0.829. The van der Waals surface area contributed by atoms with Crippen molar-refractivity contribution in [3.05, 3.63) is 64.4 Å². The molecule has 3 rings (SSSR count). The molecule has 0 bridgehead atoms. The Morgan fingerprint density at radius 3 is 2.81 bits per heavy atom. The highest BCUT2D eigenvalue weighted by atomic mass is 79.9. The molecule has 26 heavy (non-hydrogen) atoms. The molecule has 0 radical (unpaired) electrons. The van der Waals surface area contributed by atoms with Gasteiger partial charge in [0.15, 0.2) is 0 Å². The summed E-state index contributed by atoms with van der Waals surface area (Å²) >= 11 is 4.40. The number of amides is 1. The van der Waals surface area contributed by atoms with E-state index in [1.165, 1.54) is 23.9 Å². The maximum atomic E-state index is 13.9. The Kier molecular flexibility index (Phi) is 6.00. The molecule has 6 nitrogen and oxygen atoms in total. The lowest BCUT2D eigenvalue weighted by atomic mass is 10.2. The number of halogens is 2. The monoisotopic (exact) mass is 435 g/mol. The molecule has 0 saturated heterocycles. The smallest absolute Gasteiger partial charge is 0.237 e. The molecule has 0 spiro atoms. The van der Waals surface area contributed by atoms with Crippen molar-refractivity contribution in [3.8, 4) is 0 Å². The van der Waals surface area contributed by atoms with Crippen LogP contribution >= 0.6 is 27.7 Å². The topological polar surface area (TPSA) is 72.7 Å². The fourth-order valence-corrected chi connectivity index (χ4v) is 3.30. The van der Waals surface area contributed by atoms with Crippen LogP contribution in [0.2, 0.25) is 0 Å². The lowest BCUT2D eigenvalue weighted by molar-refractivity contribution is -0.115. The lowest BCUT2D eigenvalue weighted by Gasteiger charge is -2.12. The van der Waals surface area contributed by atoms with Gasteiger partial charge in [-0.05, 0) is 41.1 Å². The van der Waals surface area contributed by atoms with Gasteiger partial charge in [0.1, 0.15) is 5.82 Å². The molecule has 1 aromatic heterocycles. The van der Waals surface area contributed by atoms with Crippen LogP contribution in [0.3, 0.4) is 0 Å². The van der Waals surface area contributed by atoms with E-state index in [0.717, 1.165) is 5.56 Å². The van der Waals surface area contributed by atoms with E-state index in [2.05, 4.69) is 36.8 Å². The summed E-state index contributed by atoms with van der Waals surface area (Å²) in [4.78, 5) is 12.4. The highest BCUT2D eigenvalue weighted by Gasteiger charge is 2.20. The first-order valence-corrected chi connectivity index (χ1v) is 9.43. The number of carbonyl (C=O) groups excluding carboxylic acids is 1. The summed E-state index contributed by atoms with van der Waals surface area (Å²) in [6, 6.07) is 14.2. The minimum absolute atomic E-state index is 0.134. The Morgan fingerprint density at radius 1 is 1.31 bits per heavy atom. The predicted molar refractivity (Wildman–Crippen MR) is 101 cm³/mol. The molecule has 1 N–H and O–H groups in total. The summed E-state index contributed by atoms with van der Waals surface area (Å²) in [6.07, 6.45) is 0. The zero-order chi connectivity index (χ0) is 18.5. The second-order valence-electron chi connectivity index (χ2n) is 5.48. The SMILES string of the molecule is CC(Sc1nnnn1Cc1ccccc1)C(=O)Nc1ccc(Br)cc1F. The number of hydrogen-bond donors (Lipinski definition) is 1. The largest absolute Gasteiger partial charge is 0.323 e. The zero-order valence-electron chi connectivity index (χ0n) is 13.8. The number of rotatable bonds is 6. The fraction of sp³-hybridized carbons (Fsp3) is 0.176. The van der Waals surface area contributed by atoms with Gasteiger partial charge in [0.05, 0.1) is 17.5 Å². The van der Waals surface area contributed by atoms with Crippen molar-refractivity contribution < 1.29 is 9.18 Å². The molecule has 1 amide bonds. The zero-order valence-corrected chi connectivity index (χ0v) is 16.2. The van der Waals surface area contributed by atoms with E-state index in [0.29, 0.717) is 16.2 Å². The van der Waals surface area contributed by atoms with Crippen LogP contribution in [-0.4, -0.2) is 31.4 Å². The predicted octanol–water partition coefficient (Wildman–Crippen LogP) is 3.74. The van der Waals surface area contributed by atoms with E-state index >= 15 is 0 Å². The van der Waals surface area contributed by atoms with Crippen molar-refractivity contribution in [2.24, 2.45) is 0 Å². The van der Waals surface area contributed by atoms with Gasteiger partial charge in [0, 0.05) is 4.47 Å². The molecule has 0 saturated carbocycles. The van der Waals surface area contributed by atoms with Crippen molar-refractivity contribution in [2.45, 2.75) is 23.9 Å². The molecular formula is C17H15BrFN5OS. The van der Waals surface area contributed by atoms with Crippen molar-refractivity contribution >= 4 is 39.3 Å². The van der Waals surface area contributed by atoms with Gasteiger partial charge in [-0.15, -0.1) is 5.10 Å². The third-order valence-electron chi connectivity index (χ3n) is 3.51. The van der Waals surface area contributed by atoms with E-state index in [1.807, 2.05) is 30.3 Å². The van der Waals surface area contributed by atoms with E-state index in [-0.39, 0.29) is 11.6 Å². The minimum Gasteiger partial charge on any atom is -0.323 e. The maximum Gasteiger partial charge on any atom is 0.237 e. The van der Waals surface area contributed by atoms with Gasteiger partial charge >= 0.3 is 0 Å². The first-order valence-electron chi connectivity index (χ1n) is 7.75. The Morgan fingerprint density at radius 2 is 2.08 bits per heavy atom. The molecule has 134 valence electrons. The summed E-state index contributed by atoms with van der Waals surface area (Å²) in [7, 11) is 0. The standard InChI is InChI=1S/C17H15BrFN5OS/c1-11(16(25)20-15-8-7-13(18)9-14(15)19)26-17-21-22-23-24(17)10-12-5-3-2-4-6-12/h2-9,11H,10H2,1H3,(H,20,25). The Bertz CT molecular complexity index is 905. The van der Waals surface area contributed by atoms with Crippen molar-refractivity contribution in [1.29, 1.82) is 0 Å². The fourth-order valence-electron chi connectivity index (χ4n) is 2.17. The third kappa shape index (κ3) is 4.67. The average Bonchev–Trinajstić information content (AvgIpc) is 3.05. The molecule has 2 aromatic carbocycles. The van der Waals surface area contributed by atoms with E-state index < -0.39 is 11.1 Å². The van der Waals surface area contributed by atoms with Gasteiger partial charge in [-0.25, -0.2) is 9.07 Å². The first kappa shape index (κ1) is 18.5. The van der Waals surface area contributed by atoms with Crippen LogP contribution in [0, 0.1) is 5.82 Å². The number of aromatic nitrogens is 4. The average molecular weight is 436 g/mol. The maximum absolute atomic E-state index is 13.9. The van der Waals surface area contributed by atoms with E-state index in [1.54, 1.807) is 17.7 Å². The van der Waals surface area contributed by atoms with Crippen LogP contribution in [0.5, 0.6) is 0 Å². The second kappa shape index (κ2) is 8.41. The van der Waals surface area contributed by atoms with Crippen LogP contribution in [0.15, 0.2) is 58.2 Å². The van der Waals surface area contributed by atoms with Gasteiger partial charge in [-0.2, -0.15) is 0 Å². The normalized spacial score (nSPS) is 12.0. The number of carbonyl (C=O) groups is 1. The molecular weight excluding hydrogens is 421 g/mol. The van der Waals surface area contributed by atoms with Crippen molar-refractivity contribution in [1.82, 2.24) is 20.2 Å². The van der Waals surface area contributed by atoms with Crippen LogP contribution in [-0.2, 0) is 11.3 Å². The molecule has 0 aliphatic carbocycles. The van der Waals surface area contributed by atoms with Crippen LogP contribution < -0.4 is 5.32 Å². The van der Waals surface area contributed by atoms with Crippen LogP contribution in [0.4, 0.5) is 10.1 Å². The van der Waals surface area contributed by atoms with Gasteiger partial charge in [0.2, 0.25) is 11.1 Å². The molecule has 9 heteroatoms. The first-order chi connectivity index (χ1) is 12.5. The number of nitrogens with one attached hydrogen (secondary N) is 1. The summed E-state index contributed by atoms with van der Waals surface area (Å²) < 4.78 is 16.1. The highest BCUT2D eigenvalue weighted by Crippen LogP contribution is 2.24. The number of thioether (sulfide) groups is 1. The number of hydrogen-bond acceptors (Lipinski definition) is 5. The molecule has 0 aliphatic rings. The van der Waals surface area contributed by atoms with Crippen molar-refractivity contribution in [3.63, 3.8) is 0 Å². The number of benzene rings is 2. The highest BCUT2D eigenvalue weighted by molar-refractivity contribution is 9.10. The quantitative estimate of drug-likeness (QED) is 0.596. The molecule has 1 heterocycles. The summed E-state index contributed by atoms with van der Waals surface area (Å²) in [6.45, 7) is 2.23. The van der Waals surface area contributed by atoms with Gasteiger partial charge < -0.3 is 5.32 Å². The number of nitrogens with zero attached hydrogens (tertiary/aromatic N) is 4. The lowest BCUT2D eigenvalue weighted by Crippen LogP contribution is -2.23. The molecule has 1 atom stereocenters.